The zero-order chi connectivity index (χ0) is 36.0. The lowest BCUT2D eigenvalue weighted by atomic mass is 9.81. The first kappa shape index (κ1) is 31.1. The van der Waals surface area contributed by atoms with Crippen LogP contribution in [-0.4, -0.2) is 4.57 Å². The van der Waals surface area contributed by atoms with Crippen molar-refractivity contribution in [2.75, 3.05) is 4.90 Å². The van der Waals surface area contributed by atoms with Gasteiger partial charge in [0.2, 0.25) is 0 Å². The third-order valence-electron chi connectivity index (χ3n) is 11.6. The largest absolute Gasteiger partial charge is 0.310 e. The second kappa shape index (κ2) is 11.8. The van der Waals surface area contributed by atoms with E-state index in [1.54, 1.807) is 0 Å². The monoisotopic (exact) mass is 708 g/mol. The van der Waals surface area contributed by atoms with E-state index in [0.29, 0.717) is 0 Å². The maximum atomic E-state index is 2.41. The minimum Gasteiger partial charge on any atom is -0.310 e. The van der Waals surface area contributed by atoms with Crippen LogP contribution in [0.3, 0.4) is 0 Å². The molecule has 256 valence electrons. The average molecular weight is 709 g/mol. The molecular formula is C51H36N2S. The number of hydrogen-bond donors (Lipinski definition) is 0. The van der Waals surface area contributed by atoms with Gasteiger partial charge in [-0.3, -0.25) is 0 Å². The summed E-state index contributed by atoms with van der Waals surface area (Å²) in [5, 5.41) is 5.16. The predicted molar refractivity (Wildman–Crippen MR) is 231 cm³/mol. The summed E-state index contributed by atoms with van der Waals surface area (Å²) in [4.78, 5) is 2.39. The van der Waals surface area contributed by atoms with Crippen LogP contribution in [0.15, 0.2) is 182 Å². The van der Waals surface area contributed by atoms with Gasteiger partial charge in [0.05, 0.1) is 11.0 Å². The molecule has 0 saturated carbocycles. The minimum absolute atomic E-state index is 0.0324. The predicted octanol–water partition coefficient (Wildman–Crippen LogP) is 14.6. The van der Waals surface area contributed by atoms with Gasteiger partial charge in [0, 0.05) is 59.1 Å². The Balaban J connectivity index is 1.02. The van der Waals surface area contributed by atoms with Gasteiger partial charge in [-0.05, 0) is 106 Å². The molecule has 0 amide bonds. The van der Waals surface area contributed by atoms with Crippen molar-refractivity contribution in [3.8, 4) is 27.9 Å². The Morgan fingerprint density at radius 1 is 0.426 bits per heavy atom. The SMILES string of the molecule is CC1(C)c2ccccc2-c2ccc(-c3ccc(N(c4ccc(-n5c6ccccc6c6ccccc65)cc4)c4ccc5c(c4)sc4ccccc45)cc3)cc21. The van der Waals surface area contributed by atoms with Gasteiger partial charge >= 0.3 is 0 Å². The fourth-order valence-electron chi connectivity index (χ4n) is 8.94. The van der Waals surface area contributed by atoms with Crippen LogP contribution in [0.1, 0.15) is 25.0 Å². The quantitative estimate of drug-likeness (QED) is 0.173. The second-order valence-corrected chi connectivity index (χ2v) is 16.1. The average Bonchev–Trinajstić information content (AvgIpc) is 3.84. The van der Waals surface area contributed by atoms with Gasteiger partial charge in [0.15, 0.2) is 0 Å². The molecule has 0 radical (unpaired) electrons. The van der Waals surface area contributed by atoms with Crippen LogP contribution in [0, 0.1) is 0 Å². The fourth-order valence-corrected chi connectivity index (χ4v) is 10.1. The van der Waals surface area contributed by atoms with Gasteiger partial charge in [-0.15, -0.1) is 11.3 Å². The van der Waals surface area contributed by atoms with Crippen molar-refractivity contribution >= 4 is 70.4 Å². The highest BCUT2D eigenvalue weighted by Crippen LogP contribution is 2.50. The van der Waals surface area contributed by atoms with E-state index in [2.05, 4.69) is 205 Å². The summed E-state index contributed by atoms with van der Waals surface area (Å²) in [6, 6.07) is 67.1. The number of fused-ring (bicyclic) bond motifs is 9. The number of nitrogens with zero attached hydrogens (tertiary/aromatic N) is 2. The molecule has 0 spiro atoms. The minimum atomic E-state index is -0.0324. The third-order valence-corrected chi connectivity index (χ3v) is 12.7. The zero-order valence-corrected chi connectivity index (χ0v) is 30.9. The molecule has 1 aliphatic rings. The van der Waals surface area contributed by atoms with Gasteiger partial charge in [0.25, 0.3) is 0 Å². The Hall–Kier alpha value is -6.42. The Morgan fingerprint density at radius 3 is 1.72 bits per heavy atom. The smallest absolute Gasteiger partial charge is 0.0541 e. The molecule has 0 fully saturated rings. The molecule has 2 nitrogen and oxygen atoms in total. The van der Waals surface area contributed by atoms with E-state index in [1.165, 1.54) is 75.4 Å². The number of hydrogen-bond acceptors (Lipinski definition) is 2. The van der Waals surface area contributed by atoms with Crippen molar-refractivity contribution in [2.45, 2.75) is 19.3 Å². The highest BCUT2D eigenvalue weighted by atomic mass is 32.1. The number of benzene rings is 8. The first-order valence-corrected chi connectivity index (χ1v) is 19.5. The molecule has 0 saturated heterocycles. The van der Waals surface area contributed by atoms with Crippen LogP contribution >= 0.6 is 11.3 Å². The lowest BCUT2D eigenvalue weighted by Crippen LogP contribution is -2.14. The molecule has 1 aliphatic carbocycles. The van der Waals surface area contributed by atoms with Crippen LogP contribution < -0.4 is 4.90 Å². The van der Waals surface area contributed by atoms with Crippen molar-refractivity contribution in [3.05, 3.63) is 193 Å². The first-order valence-electron chi connectivity index (χ1n) is 18.7. The Bertz CT molecular complexity index is 3020. The van der Waals surface area contributed by atoms with E-state index in [0.717, 1.165) is 22.7 Å². The Morgan fingerprint density at radius 2 is 0.981 bits per heavy atom. The van der Waals surface area contributed by atoms with Gasteiger partial charge in [-0.2, -0.15) is 0 Å². The molecule has 2 heterocycles. The van der Waals surface area contributed by atoms with Gasteiger partial charge in [-0.1, -0.05) is 123 Å². The van der Waals surface area contributed by atoms with E-state index < -0.39 is 0 Å². The van der Waals surface area contributed by atoms with Gasteiger partial charge in [0.1, 0.15) is 0 Å². The van der Waals surface area contributed by atoms with E-state index in [9.17, 15) is 0 Å². The van der Waals surface area contributed by atoms with Crippen molar-refractivity contribution in [1.82, 2.24) is 4.57 Å². The zero-order valence-electron chi connectivity index (χ0n) is 30.1. The van der Waals surface area contributed by atoms with Crippen molar-refractivity contribution in [3.63, 3.8) is 0 Å². The maximum Gasteiger partial charge on any atom is 0.0541 e. The van der Waals surface area contributed by atoms with Crippen LogP contribution in [-0.2, 0) is 5.41 Å². The summed E-state index contributed by atoms with van der Waals surface area (Å²) in [6.07, 6.45) is 0. The van der Waals surface area contributed by atoms with E-state index >= 15 is 0 Å². The van der Waals surface area contributed by atoms with Crippen molar-refractivity contribution in [1.29, 1.82) is 0 Å². The van der Waals surface area contributed by atoms with Crippen LogP contribution in [0.25, 0.3) is 69.9 Å². The molecule has 0 aliphatic heterocycles. The molecule has 10 aromatic rings. The summed E-state index contributed by atoms with van der Waals surface area (Å²) in [5.41, 5.74) is 14.9. The third kappa shape index (κ3) is 4.65. The van der Waals surface area contributed by atoms with Gasteiger partial charge in [-0.25, -0.2) is 0 Å². The summed E-state index contributed by atoms with van der Waals surface area (Å²) in [5.74, 6) is 0. The van der Waals surface area contributed by atoms with Crippen molar-refractivity contribution < 1.29 is 0 Å². The standard InChI is InChI=1S/C51H36N2S/c1-51(2)45-15-7-3-11-39(45)40-29-21-34(31-46(40)51)33-19-22-35(23-20-33)52(38-28-30-44-43-14-6-10-18-49(43)54-50(44)32-38)36-24-26-37(27-25-36)53-47-16-8-4-12-41(47)42-13-5-9-17-48(42)53/h3-32H,1-2H3. The number of aromatic nitrogens is 1. The highest BCUT2D eigenvalue weighted by Gasteiger charge is 2.35. The van der Waals surface area contributed by atoms with Crippen LogP contribution in [0.4, 0.5) is 17.1 Å². The summed E-state index contributed by atoms with van der Waals surface area (Å²) in [7, 11) is 0. The molecule has 0 unspecified atom stereocenters. The summed E-state index contributed by atoms with van der Waals surface area (Å²) >= 11 is 1.86. The normalized spacial score (nSPS) is 13.1. The molecule has 2 aromatic heterocycles. The molecule has 11 rings (SSSR count). The highest BCUT2D eigenvalue weighted by molar-refractivity contribution is 7.25. The first-order chi connectivity index (χ1) is 26.5. The van der Waals surface area contributed by atoms with E-state index in [4.69, 9.17) is 0 Å². The second-order valence-electron chi connectivity index (χ2n) is 15.0. The summed E-state index contributed by atoms with van der Waals surface area (Å²) in [6.45, 7) is 4.70. The summed E-state index contributed by atoms with van der Waals surface area (Å²) < 4.78 is 4.99. The number of anilines is 3. The molecule has 0 bridgehead atoms. The van der Waals surface area contributed by atoms with E-state index in [1.807, 2.05) is 11.3 Å². The molecule has 0 atom stereocenters. The molecule has 3 heteroatoms. The van der Waals surface area contributed by atoms with Gasteiger partial charge < -0.3 is 9.47 Å². The number of para-hydroxylation sites is 2. The molecule has 54 heavy (non-hydrogen) atoms. The topological polar surface area (TPSA) is 8.17 Å². The lowest BCUT2D eigenvalue weighted by Gasteiger charge is -2.26. The fraction of sp³-hybridized carbons (Fsp3) is 0.0588. The lowest BCUT2D eigenvalue weighted by molar-refractivity contribution is 0.660. The number of rotatable bonds is 5. The molecular weight excluding hydrogens is 673 g/mol. The Kier molecular flexibility index (Phi) is 6.80. The Labute approximate surface area is 318 Å². The van der Waals surface area contributed by atoms with E-state index in [-0.39, 0.29) is 5.41 Å². The molecule has 0 N–H and O–H groups in total. The maximum absolute atomic E-state index is 2.41. The van der Waals surface area contributed by atoms with Crippen LogP contribution in [0.5, 0.6) is 0 Å². The van der Waals surface area contributed by atoms with Crippen molar-refractivity contribution in [2.24, 2.45) is 0 Å². The van der Waals surface area contributed by atoms with Crippen LogP contribution in [0.2, 0.25) is 0 Å². The molecule has 8 aromatic carbocycles. The number of thiophene rings is 1.